The fourth-order valence-electron chi connectivity index (χ4n) is 0.0833. The first-order chi connectivity index (χ1) is 3.13. The number of hydrogen-bond acceptors (Lipinski definition) is 2. The highest BCUT2D eigenvalue weighted by Crippen LogP contribution is 1.88. The van der Waals surface area contributed by atoms with E-state index in [1.807, 2.05) is 5.43 Å². The number of halogens is 3. The molecule has 0 radical (unpaired) electrons. The smallest absolute Gasteiger partial charge is 0.328 e. The number of nitrogens with two attached hydrogens (primary N) is 1. The standard InChI is InChI=1S/CH3Cl2N3O.ClH/c2-6(3)5-1(4)7;/h(H3,4,5,7);1H. The number of hydrogen-bond donors (Lipinski definition) is 2. The molecule has 0 saturated carbocycles. The zero-order chi connectivity index (χ0) is 5.86. The van der Waals surface area contributed by atoms with Crippen molar-refractivity contribution < 1.29 is 4.79 Å². The molecule has 3 N–H and O–H groups in total. The Morgan fingerprint density at radius 1 is 1.62 bits per heavy atom. The van der Waals surface area contributed by atoms with E-state index in [1.54, 1.807) is 0 Å². The van der Waals surface area contributed by atoms with Gasteiger partial charge in [0.2, 0.25) is 0 Å². The lowest BCUT2D eigenvalue weighted by Crippen LogP contribution is -2.34. The third-order valence-electron chi connectivity index (χ3n) is 0.195. The van der Waals surface area contributed by atoms with Crippen LogP contribution in [0.5, 0.6) is 0 Å². The second-order valence-corrected chi connectivity index (χ2v) is 1.56. The van der Waals surface area contributed by atoms with Crippen LogP contribution >= 0.6 is 36.0 Å². The number of carbonyl (C=O) groups excluding carboxylic acids is 1. The second-order valence-electron chi connectivity index (χ2n) is 0.709. The maximum atomic E-state index is 9.71. The Balaban J connectivity index is 0. The fourth-order valence-corrected chi connectivity index (χ4v) is 0.250. The Labute approximate surface area is 62.5 Å². The monoisotopic (exact) mass is 179 g/mol. The molecule has 0 atom stereocenters. The topological polar surface area (TPSA) is 58.4 Å². The average Bonchev–Trinajstić information content (AvgIpc) is 1.27. The van der Waals surface area contributed by atoms with Crippen molar-refractivity contribution in [2.24, 2.45) is 5.73 Å². The van der Waals surface area contributed by atoms with Crippen molar-refractivity contribution in [3.05, 3.63) is 0 Å². The van der Waals surface area contributed by atoms with Crippen LogP contribution in [-0.4, -0.2) is 10.1 Å². The SMILES string of the molecule is Cl.NC(=O)NN(Cl)Cl. The molecule has 0 aliphatic carbocycles. The summed E-state index contributed by atoms with van der Waals surface area (Å²) in [6.45, 7) is 0. The fraction of sp³-hybridized carbons (Fsp3) is 0. The molecule has 0 aliphatic rings. The van der Waals surface area contributed by atoms with Gasteiger partial charge in [-0.25, -0.2) is 10.2 Å². The van der Waals surface area contributed by atoms with E-state index in [1.165, 1.54) is 0 Å². The molecule has 0 spiro atoms. The number of hydrazine groups is 1. The van der Waals surface area contributed by atoms with Gasteiger partial charge in [0.15, 0.2) is 0 Å². The van der Waals surface area contributed by atoms with Crippen LogP contribution in [0.4, 0.5) is 4.79 Å². The predicted molar refractivity (Wildman–Crippen MR) is 33.5 cm³/mol. The molecule has 8 heavy (non-hydrogen) atoms. The second kappa shape index (κ2) is 5.24. The summed E-state index contributed by atoms with van der Waals surface area (Å²) in [6, 6.07) is -0.801. The van der Waals surface area contributed by atoms with Crippen LogP contribution in [0.1, 0.15) is 0 Å². The van der Waals surface area contributed by atoms with E-state index in [0.29, 0.717) is 4.05 Å². The molecule has 50 valence electrons. The summed E-state index contributed by atoms with van der Waals surface area (Å²) in [5.74, 6) is 0. The first-order valence-electron chi connectivity index (χ1n) is 1.30. The molecular formula is CH4Cl3N3O. The molecule has 0 aromatic rings. The summed E-state index contributed by atoms with van der Waals surface area (Å²) in [4.78, 5) is 9.71. The van der Waals surface area contributed by atoms with Gasteiger partial charge < -0.3 is 5.73 Å². The number of primary amides is 1. The Hall–Kier alpha value is 0.1000. The van der Waals surface area contributed by atoms with Gasteiger partial charge in [0, 0.05) is 23.6 Å². The molecule has 0 saturated heterocycles. The van der Waals surface area contributed by atoms with Crippen LogP contribution in [0.2, 0.25) is 0 Å². The van der Waals surface area contributed by atoms with Crippen molar-refractivity contribution in [2.45, 2.75) is 0 Å². The summed E-state index contributed by atoms with van der Waals surface area (Å²) >= 11 is 9.72. The van der Waals surface area contributed by atoms with Crippen molar-refractivity contribution >= 4 is 42.0 Å². The summed E-state index contributed by atoms with van der Waals surface area (Å²) < 4.78 is 0.419. The number of urea groups is 1. The molecule has 7 heteroatoms. The first-order valence-corrected chi connectivity index (χ1v) is 1.98. The van der Waals surface area contributed by atoms with E-state index in [2.05, 4.69) is 5.73 Å². The summed E-state index contributed by atoms with van der Waals surface area (Å²) in [6.07, 6.45) is 0. The third kappa shape index (κ3) is 9.44. The molecule has 0 aliphatic heterocycles. The Bertz CT molecular complexity index is 74.9. The van der Waals surface area contributed by atoms with E-state index in [9.17, 15) is 4.79 Å². The zero-order valence-corrected chi connectivity index (χ0v) is 5.93. The molecule has 0 heterocycles. The zero-order valence-electron chi connectivity index (χ0n) is 3.60. The largest absolute Gasteiger partial charge is 0.350 e. The molecule has 0 aromatic carbocycles. The lowest BCUT2D eigenvalue weighted by atomic mass is 11.2. The maximum absolute atomic E-state index is 9.71. The highest BCUT2D eigenvalue weighted by molar-refractivity contribution is 6.33. The average molecular weight is 180 g/mol. The highest BCUT2D eigenvalue weighted by Gasteiger charge is 1.93. The molecule has 4 nitrogen and oxygen atoms in total. The van der Waals surface area contributed by atoms with Gasteiger partial charge in [0.1, 0.15) is 0 Å². The quantitative estimate of drug-likeness (QED) is 0.459. The Kier molecular flexibility index (Phi) is 7.19. The van der Waals surface area contributed by atoms with Gasteiger partial charge >= 0.3 is 6.03 Å². The minimum atomic E-state index is -0.801. The van der Waals surface area contributed by atoms with Gasteiger partial charge in [-0.05, 0) is 4.05 Å². The summed E-state index contributed by atoms with van der Waals surface area (Å²) in [7, 11) is 0. The van der Waals surface area contributed by atoms with Crippen molar-refractivity contribution in [1.82, 2.24) is 9.47 Å². The molecule has 0 rings (SSSR count). The van der Waals surface area contributed by atoms with Crippen LogP contribution in [-0.2, 0) is 0 Å². The van der Waals surface area contributed by atoms with Crippen LogP contribution in [0, 0.1) is 0 Å². The Morgan fingerprint density at radius 3 is 2.00 bits per heavy atom. The van der Waals surface area contributed by atoms with Gasteiger partial charge in [-0.3, -0.25) is 0 Å². The van der Waals surface area contributed by atoms with E-state index in [-0.39, 0.29) is 12.4 Å². The van der Waals surface area contributed by atoms with Crippen molar-refractivity contribution in [1.29, 1.82) is 0 Å². The number of nitrogens with zero attached hydrogens (tertiary/aromatic N) is 1. The van der Waals surface area contributed by atoms with Gasteiger partial charge in [-0.15, -0.1) is 12.4 Å². The van der Waals surface area contributed by atoms with E-state index in [0.717, 1.165) is 0 Å². The highest BCUT2D eigenvalue weighted by atomic mass is 35.5. The normalized spacial score (nSPS) is 7.88. The minimum Gasteiger partial charge on any atom is -0.350 e. The van der Waals surface area contributed by atoms with Crippen molar-refractivity contribution in [3.8, 4) is 0 Å². The van der Waals surface area contributed by atoms with Gasteiger partial charge in [0.05, 0.1) is 0 Å². The van der Waals surface area contributed by atoms with Crippen molar-refractivity contribution in [3.63, 3.8) is 0 Å². The molecule has 0 bridgehead atoms. The molecule has 0 fully saturated rings. The molecule has 0 unspecified atom stereocenters. The summed E-state index contributed by atoms with van der Waals surface area (Å²) in [5, 5.41) is 0. The third-order valence-corrected chi connectivity index (χ3v) is 0.364. The predicted octanol–water partition coefficient (Wildman–Crippen LogP) is 0.601. The van der Waals surface area contributed by atoms with Crippen LogP contribution in [0.3, 0.4) is 0 Å². The van der Waals surface area contributed by atoms with Crippen LogP contribution < -0.4 is 11.2 Å². The minimum absolute atomic E-state index is 0. The molecular weight excluding hydrogens is 176 g/mol. The Morgan fingerprint density at radius 2 is 2.00 bits per heavy atom. The van der Waals surface area contributed by atoms with Crippen molar-refractivity contribution in [2.75, 3.05) is 0 Å². The lowest BCUT2D eigenvalue weighted by molar-refractivity contribution is 0.242. The summed E-state index contributed by atoms with van der Waals surface area (Å²) in [5.41, 5.74) is 6.34. The van der Waals surface area contributed by atoms with Crippen LogP contribution in [0.25, 0.3) is 0 Å². The van der Waals surface area contributed by atoms with E-state index < -0.39 is 6.03 Å². The van der Waals surface area contributed by atoms with Gasteiger partial charge in [-0.1, -0.05) is 0 Å². The van der Waals surface area contributed by atoms with E-state index in [4.69, 9.17) is 23.6 Å². The number of rotatable bonds is 1. The number of nitrogens with one attached hydrogen (secondary N) is 1. The van der Waals surface area contributed by atoms with Gasteiger partial charge in [-0.2, -0.15) is 0 Å². The lowest BCUT2D eigenvalue weighted by Gasteiger charge is -1.99. The first kappa shape index (κ1) is 11.0. The molecule has 2 amide bonds. The van der Waals surface area contributed by atoms with E-state index >= 15 is 0 Å². The number of amides is 2. The molecule has 0 aromatic heterocycles. The maximum Gasteiger partial charge on any atom is 0.328 e. The van der Waals surface area contributed by atoms with Gasteiger partial charge in [0.25, 0.3) is 0 Å². The number of carbonyl (C=O) groups is 1. The van der Waals surface area contributed by atoms with Crippen LogP contribution in [0.15, 0.2) is 0 Å².